The number of carbonyl (C=O) groups excluding carboxylic acids is 2. The smallest absolute Gasteiger partial charge is 0.310 e. The molecule has 0 saturated carbocycles. The first kappa shape index (κ1) is 20.9. The fourth-order valence-corrected chi connectivity index (χ4v) is 2.14. The van der Waals surface area contributed by atoms with Gasteiger partial charge in [-0.05, 0) is 12.5 Å². The molecule has 0 bridgehead atoms. The molecule has 1 aromatic carbocycles. The molecular weight excluding hydrogens is 324 g/mol. The van der Waals surface area contributed by atoms with E-state index >= 15 is 0 Å². The lowest BCUT2D eigenvalue weighted by Gasteiger charge is -2.15. The Hall–Kier alpha value is -2.12. The van der Waals surface area contributed by atoms with Gasteiger partial charge < -0.3 is 25.2 Å². The maximum atomic E-state index is 11.4. The van der Waals surface area contributed by atoms with Gasteiger partial charge in [-0.3, -0.25) is 9.59 Å². The Bertz CT molecular complexity index is 536. The molecule has 0 aliphatic carbocycles. The van der Waals surface area contributed by atoms with Gasteiger partial charge in [-0.2, -0.15) is 0 Å². The zero-order valence-corrected chi connectivity index (χ0v) is 14.9. The van der Waals surface area contributed by atoms with Gasteiger partial charge in [0.05, 0.1) is 13.5 Å². The highest BCUT2D eigenvalue weighted by molar-refractivity contribution is 5.75. The van der Waals surface area contributed by atoms with E-state index in [9.17, 15) is 14.7 Å². The number of benzene rings is 1. The molecule has 0 fully saturated rings. The molecular formula is C18H28N2O5. The van der Waals surface area contributed by atoms with Crippen molar-refractivity contribution in [3.63, 3.8) is 0 Å². The standard InChI is InChI=1S/C18H28N2O5/c1-3-6-17(22)20-10-9-19-12-15(21)13-25-16-8-5-4-7-14(16)11-18(23)24-2/h4-5,7-8,15,19,21H,3,6,9-13H2,1-2H3,(H,20,22). The van der Waals surface area contributed by atoms with E-state index in [1.807, 2.05) is 13.0 Å². The number of esters is 1. The SMILES string of the molecule is CCCC(=O)NCCNCC(O)COc1ccccc1CC(=O)OC. The number of hydrogen-bond donors (Lipinski definition) is 3. The van der Waals surface area contributed by atoms with E-state index < -0.39 is 6.10 Å². The van der Waals surface area contributed by atoms with Gasteiger partial charge in [-0.1, -0.05) is 25.1 Å². The minimum absolute atomic E-state index is 0.0374. The van der Waals surface area contributed by atoms with E-state index in [-0.39, 0.29) is 24.9 Å². The number of carbonyl (C=O) groups is 2. The molecule has 140 valence electrons. The Labute approximate surface area is 148 Å². The highest BCUT2D eigenvalue weighted by Gasteiger charge is 2.11. The molecule has 1 aromatic rings. The summed E-state index contributed by atoms with van der Waals surface area (Å²) in [5.41, 5.74) is 0.716. The lowest BCUT2D eigenvalue weighted by molar-refractivity contribution is -0.139. The molecule has 25 heavy (non-hydrogen) atoms. The Morgan fingerprint density at radius 1 is 1.24 bits per heavy atom. The number of para-hydroxylation sites is 1. The van der Waals surface area contributed by atoms with Gasteiger partial charge in [-0.25, -0.2) is 0 Å². The summed E-state index contributed by atoms with van der Waals surface area (Å²) >= 11 is 0. The van der Waals surface area contributed by atoms with E-state index in [0.29, 0.717) is 37.4 Å². The summed E-state index contributed by atoms with van der Waals surface area (Å²) in [4.78, 5) is 22.7. The normalized spacial score (nSPS) is 11.6. The van der Waals surface area contributed by atoms with Crippen molar-refractivity contribution in [1.29, 1.82) is 0 Å². The number of nitrogens with one attached hydrogen (secondary N) is 2. The van der Waals surface area contributed by atoms with Gasteiger partial charge in [0.25, 0.3) is 0 Å². The van der Waals surface area contributed by atoms with E-state index in [2.05, 4.69) is 15.4 Å². The molecule has 3 N–H and O–H groups in total. The quantitative estimate of drug-likeness (QED) is 0.377. The first-order chi connectivity index (χ1) is 12.1. The van der Waals surface area contributed by atoms with Crippen molar-refractivity contribution >= 4 is 11.9 Å². The van der Waals surface area contributed by atoms with Gasteiger partial charge in [-0.15, -0.1) is 0 Å². The predicted octanol–water partition coefficient (Wildman–Crippen LogP) is 0.648. The third-order valence-electron chi connectivity index (χ3n) is 3.45. The molecule has 0 saturated heterocycles. The summed E-state index contributed by atoms with van der Waals surface area (Å²) < 4.78 is 10.3. The molecule has 7 heteroatoms. The Kier molecular flexibility index (Phi) is 10.3. The molecule has 0 aliphatic heterocycles. The molecule has 1 unspecified atom stereocenters. The van der Waals surface area contributed by atoms with Crippen molar-refractivity contribution in [3.8, 4) is 5.75 Å². The minimum atomic E-state index is -0.697. The van der Waals surface area contributed by atoms with E-state index in [0.717, 1.165) is 6.42 Å². The summed E-state index contributed by atoms with van der Waals surface area (Å²) in [6.07, 6.45) is 0.782. The van der Waals surface area contributed by atoms with Crippen LogP contribution in [-0.2, 0) is 20.7 Å². The molecule has 1 atom stereocenters. The fourth-order valence-electron chi connectivity index (χ4n) is 2.14. The van der Waals surface area contributed by atoms with Crippen LogP contribution >= 0.6 is 0 Å². The number of ether oxygens (including phenoxy) is 2. The third kappa shape index (κ3) is 9.07. The monoisotopic (exact) mass is 352 g/mol. The predicted molar refractivity (Wildman–Crippen MR) is 94.5 cm³/mol. The van der Waals surface area contributed by atoms with Crippen LogP contribution in [0.15, 0.2) is 24.3 Å². The van der Waals surface area contributed by atoms with Crippen molar-refractivity contribution in [3.05, 3.63) is 29.8 Å². The Morgan fingerprint density at radius 3 is 2.72 bits per heavy atom. The second-order valence-corrected chi connectivity index (χ2v) is 5.63. The number of aliphatic hydroxyl groups is 1. The van der Waals surface area contributed by atoms with Crippen molar-refractivity contribution in [1.82, 2.24) is 10.6 Å². The van der Waals surface area contributed by atoms with E-state index in [4.69, 9.17) is 4.74 Å². The maximum Gasteiger partial charge on any atom is 0.310 e. The summed E-state index contributed by atoms with van der Waals surface area (Å²) in [6, 6.07) is 7.16. The number of rotatable bonds is 12. The number of amides is 1. The van der Waals surface area contributed by atoms with Crippen LogP contribution in [0.4, 0.5) is 0 Å². The number of methoxy groups -OCH3 is 1. The van der Waals surface area contributed by atoms with Crippen LogP contribution in [0.5, 0.6) is 5.75 Å². The second kappa shape index (κ2) is 12.3. The number of aliphatic hydroxyl groups excluding tert-OH is 1. The minimum Gasteiger partial charge on any atom is -0.491 e. The average molecular weight is 352 g/mol. The zero-order chi connectivity index (χ0) is 18.5. The summed E-state index contributed by atoms with van der Waals surface area (Å²) in [5, 5.41) is 15.8. The average Bonchev–Trinajstić information content (AvgIpc) is 2.60. The van der Waals surface area contributed by atoms with Gasteiger partial charge in [0.2, 0.25) is 5.91 Å². The highest BCUT2D eigenvalue weighted by Crippen LogP contribution is 2.19. The first-order valence-corrected chi connectivity index (χ1v) is 8.49. The summed E-state index contributed by atoms with van der Waals surface area (Å²) in [6.45, 7) is 3.51. The van der Waals surface area contributed by atoms with Gasteiger partial charge in [0.1, 0.15) is 18.5 Å². The Balaban J connectivity index is 2.27. The molecule has 7 nitrogen and oxygen atoms in total. The van der Waals surface area contributed by atoms with Crippen LogP contribution in [0.2, 0.25) is 0 Å². The van der Waals surface area contributed by atoms with E-state index in [1.165, 1.54) is 7.11 Å². The van der Waals surface area contributed by atoms with Crippen LogP contribution < -0.4 is 15.4 Å². The lowest BCUT2D eigenvalue weighted by atomic mass is 10.1. The third-order valence-corrected chi connectivity index (χ3v) is 3.45. The van der Waals surface area contributed by atoms with Crippen LogP contribution in [0.1, 0.15) is 25.3 Å². The maximum absolute atomic E-state index is 11.4. The van der Waals surface area contributed by atoms with Gasteiger partial charge in [0, 0.05) is 31.6 Å². The van der Waals surface area contributed by atoms with Crippen molar-refractivity contribution < 1.29 is 24.2 Å². The van der Waals surface area contributed by atoms with Crippen LogP contribution in [0.3, 0.4) is 0 Å². The summed E-state index contributed by atoms with van der Waals surface area (Å²) in [5.74, 6) is 0.248. The van der Waals surface area contributed by atoms with Crippen molar-refractivity contribution in [2.24, 2.45) is 0 Å². The molecule has 1 amide bonds. The van der Waals surface area contributed by atoms with Crippen molar-refractivity contribution in [2.45, 2.75) is 32.3 Å². The van der Waals surface area contributed by atoms with Crippen LogP contribution in [0.25, 0.3) is 0 Å². The lowest BCUT2D eigenvalue weighted by Crippen LogP contribution is -2.37. The van der Waals surface area contributed by atoms with Gasteiger partial charge in [0.15, 0.2) is 0 Å². The summed E-state index contributed by atoms with van der Waals surface area (Å²) in [7, 11) is 1.34. The molecule has 1 rings (SSSR count). The fraction of sp³-hybridized carbons (Fsp3) is 0.556. The molecule has 0 aliphatic rings. The topological polar surface area (TPSA) is 96.9 Å². The van der Waals surface area contributed by atoms with Crippen LogP contribution in [0, 0.1) is 0 Å². The number of hydrogen-bond acceptors (Lipinski definition) is 6. The second-order valence-electron chi connectivity index (χ2n) is 5.63. The Morgan fingerprint density at radius 2 is 2.00 bits per heavy atom. The molecule has 0 heterocycles. The molecule has 0 spiro atoms. The molecule has 0 radical (unpaired) electrons. The molecule has 0 aromatic heterocycles. The first-order valence-electron chi connectivity index (χ1n) is 8.49. The van der Waals surface area contributed by atoms with E-state index in [1.54, 1.807) is 18.2 Å². The largest absolute Gasteiger partial charge is 0.491 e. The highest BCUT2D eigenvalue weighted by atomic mass is 16.5. The van der Waals surface area contributed by atoms with Crippen molar-refractivity contribution in [2.75, 3.05) is 33.4 Å². The van der Waals surface area contributed by atoms with Gasteiger partial charge >= 0.3 is 5.97 Å². The zero-order valence-electron chi connectivity index (χ0n) is 14.9. The van der Waals surface area contributed by atoms with Crippen LogP contribution in [-0.4, -0.2) is 56.4 Å².